The van der Waals surface area contributed by atoms with Crippen molar-refractivity contribution >= 4 is 17.7 Å². The molecule has 2 fully saturated rings. The Morgan fingerprint density at radius 1 is 1.00 bits per heavy atom. The lowest BCUT2D eigenvalue weighted by atomic mass is 9.90. The van der Waals surface area contributed by atoms with E-state index < -0.39 is 11.9 Å². The number of imide groups is 1. The van der Waals surface area contributed by atoms with Gasteiger partial charge in [-0.1, -0.05) is 30.3 Å². The zero-order valence-corrected chi connectivity index (χ0v) is 23.7. The summed E-state index contributed by atoms with van der Waals surface area (Å²) in [6.45, 7) is 12.9. The van der Waals surface area contributed by atoms with E-state index >= 15 is 0 Å². The molecule has 1 unspecified atom stereocenters. The van der Waals surface area contributed by atoms with E-state index in [-0.39, 0.29) is 23.8 Å². The number of nitrogens with one attached hydrogen (secondary N) is 1. The number of rotatable bonds is 8. The summed E-state index contributed by atoms with van der Waals surface area (Å²) in [6, 6.07) is 13.4. The molecular formula is C32H39N3O5. The number of fused-ring (bicyclic) bond motifs is 1. The summed E-state index contributed by atoms with van der Waals surface area (Å²) in [7, 11) is 0. The van der Waals surface area contributed by atoms with Gasteiger partial charge in [-0.15, -0.1) is 0 Å². The molecule has 0 aliphatic carbocycles. The number of benzene rings is 2. The van der Waals surface area contributed by atoms with Gasteiger partial charge in [0.15, 0.2) is 5.88 Å². The Bertz CT molecular complexity index is 1290. The summed E-state index contributed by atoms with van der Waals surface area (Å²) in [5.41, 5.74) is 3.48. The fourth-order valence-electron chi connectivity index (χ4n) is 5.76. The van der Waals surface area contributed by atoms with Crippen LogP contribution in [0, 0.1) is 5.92 Å². The number of hydrogen-bond acceptors (Lipinski definition) is 6. The van der Waals surface area contributed by atoms with Crippen molar-refractivity contribution in [1.29, 1.82) is 0 Å². The molecule has 212 valence electrons. The Kier molecular flexibility index (Phi) is 7.88. The van der Waals surface area contributed by atoms with E-state index in [1.165, 1.54) is 5.56 Å². The Labute approximate surface area is 236 Å². The van der Waals surface area contributed by atoms with Gasteiger partial charge in [0.2, 0.25) is 11.8 Å². The number of ether oxygens (including phenoxy) is 2. The SMILES string of the molecule is C=C(OC(C)(C)C)N1CCC(Cc2ccc(COc3cccc4c3CN(C3CCC(=O)NC3=O)C4=O)cc2)CC1. The van der Waals surface area contributed by atoms with Crippen LogP contribution in [0.2, 0.25) is 0 Å². The number of nitrogens with zero attached hydrogens (tertiary/aromatic N) is 2. The third-order valence-electron chi connectivity index (χ3n) is 7.87. The highest BCUT2D eigenvalue weighted by Gasteiger charge is 2.40. The molecule has 2 saturated heterocycles. The van der Waals surface area contributed by atoms with Crippen molar-refractivity contribution < 1.29 is 23.9 Å². The van der Waals surface area contributed by atoms with E-state index in [4.69, 9.17) is 9.47 Å². The number of likely N-dealkylation sites (tertiary alicyclic amines) is 1. The Hall–Kier alpha value is -3.81. The van der Waals surface area contributed by atoms with Crippen molar-refractivity contribution in [2.45, 2.75) is 77.7 Å². The molecule has 8 heteroatoms. The molecule has 5 rings (SSSR count). The van der Waals surface area contributed by atoms with Gasteiger partial charge in [0.05, 0.1) is 6.54 Å². The van der Waals surface area contributed by atoms with Crippen molar-refractivity contribution in [3.8, 4) is 5.75 Å². The van der Waals surface area contributed by atoms with Crippen LogP contribution in [0.3, 0.4) is 0 Å². The lowest BCUT2D eigenvalue weighted by Gasteiger charge is -2.36. The molecule has 3 aliphatic rings. The zero-order valence-electron chi connectivity index (χ0n) is 23.7. The van der Waals surface area contributed by atoms with Crippen LogP contribution in [-0.2, 0) is 33.9 Å². The quantitative estimate of drug-likeness (QED) is 0.386. The number of carbonyl (C=O) groups is 3. The Morgan fingerprint density at radius 3 is 2.38 bits per heavy atom. The molecule has 3 aliphatic heterocycles. The lowest BCUT2D eigenvalue weighted by Crippen LogP contribution is -2.52. The summed E-state index contributed by atoms with van der Waals surface area (Å²) in [5.74, 6) is 1.15. The van der Waals surface area contributed by atoms with E-state index in [1.54, 1.807) is 17.0 Å². The molecular weight excluding hydrogens is 506 g/mol. The Morgan fingerprint density at radius 2 is 1.70 bits per heavy atom. The summed E-state index contributed by atoms with van der Waals surface area (Å²) in [6.07, 6.45) is 3.85. The van der Waals surface area contributed by atoms with E-state index in [2.05, 4.69) is 41.1 Å². The number of carbonyl (C=O) groups excluding carboxylic acids is 3. The van der Waals surface area contributed by atoms with Gasteiger partial charge in [0, 0.05) is 30.6 Å². The summed E-state index contributed by atoms with van der Waals surface area (Å²) in [5, 5.41) is 2.34. The van der Waals surface area contributed by atoms with Crippen LogP contribution >= 0.6 is 0 Å². The molecule has 2 aromatic rings. The molecule has 8 nitrogen and oxygen atoms in total. The molecule has 0 spiro atoms. The number of hydrogen-bond donors (Lipinski definition) is 1. The van der Waals surface area contributed by atoms with Gasteiger partial charge in [-0.05, 0) is 82.2 Å². The molecule has 0 aromatic heterocycles. The van der Waals surface area contributed by atoms with Crippen LogP contribution in [-0.4, -0.2) is 52.3 Å². The predicted octanol–water partition coefficient (Wildman–Crippen LogP) is 4.57. The summed E-state index contributed by atoms with van der Waals surface area (Å²) < 4.78 is 12.1. The normalized spacial score (nSPS) is 19.9. The maximum absolute atomic E-state index is 13.0. The molecule has 3 amide bonds. The number of piperidine rings is 2. The second-order valence-electron chi connectivity index (χ2n) is 12.0. The second kappa shape index (κ2) is 11.4. The maximum atomic E-state index is 13.0. The van der Waals surface area contributed by atoms with Crippen LogP contribution in [0.1, 0.15) is 73.5 Å². The average molecular weight is 546 g/mol. The summed E-state index contributed by atoms with van der Waals surface area (Å²) in [4.78, 5) is 40.7. The van der Waals surface area contributed by atoms with Gasteiger partial charge in [0.25, 0.3) is 5.91 Å². The fourth-order valence-corrected chi connectivity index (χ4v) is 5.76. The van der Waals surface area contributed by atoms with E-state index in [0.717, 1.165) is 49.4 Å². The molecule has 0 bridgehead atoms. The van der Waals surface area contributed by atoms with Gasteiger partial charge in [0.1, 0.15) is 24.0 Å². The van der Waals surface area contributed by atoms with Crippen molar-refractivity contribution in [3.63, 3.8) is 0 Å². The third kappa shape index (κ3) is 6.32. The minimum atomic E-state index is -0.638. The topological polar surface area (TPSA) is 88.2 Å². The van der Waals surface area contributed by atoms with Gasteiger partial charge in [-0.2, -0.15) is 0 Å². The molecule has 1 N–H and O–H groups in total. The summed E-state index contributed by atoms with van der Waals surface area (Å²) >= 11 is 0. The monoisotopic (exact) mass is 545 g/mol. The van der Waals surface area contributed by atoms with Crippen LogP contribution in [0.25, 0.3) is 0 Å². The van der Waals surface area contributed by atoms with E-state index in [1.807, 2.05) is 26.8 Å². The van der Waals surface area contributed by atoms with Crippen LogP contribution < -0.4 is 10.1 Å². The van der Waals surface area contributed by atoms with E-state index in [9.17, 15) is 14.4 Å². The maximum Gasteiger partial charge on any atom is 0.255 e. The second-order valence-corrected chi connectivity index (χ2v) is 12.0. The first kappa shape index (κ1) is 27.7. The van der Waals surface area contributed by atoms with Crippen molar-refractivity contribution in [2.75, 3.05) is 13.1 Å². The zero-order chi connectivity index (χ0) is 28.4. The highest BCUT2D eigenvalue weighted by molar-refractivity contribution is 6.05. The molecule has 3 heterocycles. The third-order valence-corrected chi connectivity index (χ3v) is 7.87. The largest absolute Gasteiger partial charge is 0.489 e. The molecule has 2 aromatic carbocycles. The van der Waals surface area contributed by atoms with Crippen molar-refractivity contribution in [1.82, 2.24) is 15.1 Å². The van der Waals surface area contributed by atoms with Crippen molar-refractivity contribution in [2.24, 2.45) is 5.92 Å². The van der Waals surface area contributed by atoms with Crippen molar-refractivity contribution in [3.05, 3.63) is 77.2 Å². The van der Waals surface area contributed by atoms with Crippen LogP contribution in [0.15, 0.2) is 54.9 Å². The first-order chi connectivity index (χ1) is 19.1. The fraction of sp³-hybridized carbons (Fsp3) is 0.469. The molecule has 1 atom stereocenters. The predicted molar refractivity (Wildman–Crippen MR) is 151 cm³/mol. The van der Waals surface area contributed by atoms with Gasteiger partial charge in [-0.25, -0.2) is 0 Å². The minimum Gasteiger partial charge on any atom is -0.489 e. The highest BCUT2D eigenvalue weighted by Crippen LogP contribution is 2.34. The van der Waals surface area contributed by atoms with Crippen LogP contribution in [0.4, 0.5) is 0 Å². The van der Waals surface area contributed by atoms with Gasteiger partial charge < -0.3 is 19.3 Å². The first-order valence-electron chi connectivity index (χ1n) is 14.2. The molecule has 0 saturated carbocycles. The Balaban J connectivity index is 1.13. The smallest absolute Gasteiger partial charge is 0.255 e. The van der Waals surface area contributed by atoms with Gasteiger partial charge >= 0.3 is 0 Å². The lowest BCUT2D eigenvalue weighted by molar-refractivity contribution is -0.136. The van der Waals surface area contributed by atoms with Crippen LogP contribution in [0.5, 0.6) is 5.75 Å². The standard InChI is InChI=1S/C32H39N3O5/c1-21(40-32(2,3)4)34-16-14-23(15-17-34)18-22-8-10-24(11-9-22)20-39-28-7-5-6-25-26(28)19-35(31(25)38)27-12-13-29(36)33-30(27)37/h5-11,23,27H,1,12-20H2,2-4H3,(H,33,36,37). The minimum absolute atomic E-state index is 0.198. The van der Waals surface area contributed by atoms with Gasteiger partial charge in [-0.3, -0.25) is 19.7 Å². The highest BCUT2D eigenvalue weighted by atomic mass is 16.5. The van der Waals surface area contributed by atoms with E-state index in [0.29, 0.717) is 36.8 Å². The number of amides is 3. The molecule has 40 heavy (non-hydrogen) atoms. The average Bonchev–Trinajstić information content (AvgIpc) is 3.24. The first-order valence-corrected chi connectivity index (χ1v) is 14.2. The molecule has 0 radical (unpaired) electrons.